The van der Waals surface area contributed by atoms with Crippen molar-refractivity contribution < 1.29 is 0 Å². The fraction of sp³-hybridized carbons (Fsp3) is 0.500. The van der Waals surface area contributed by atoms with Crippen LogP contribution in [0, 0.1) is 6.92 Å². The van der Waals surface area contributed by atoms with E-state index in [1.54, 1.807) is 0 Å². The van der Waals surface area contributed by atoms with Crippen molar-refractivity contribution in [2.24, 2.45) is 0 Å². The van der Waals surface area contributed by atoms with Crippen LogP contribution in [0.15, 0.2) is 36.4 Å². The maximum atomic E-state index is 2.40. The molecule has 0 saturated carbocycles. The minimum atomic E-state index is 0.201. The maximum Gasteiger partial charge on any atom is -0.0106 e. The van der Waals surface area contributed by atoms with Gasteiger partial charge in [-0.05, 0) is 64.0 Å². The molecule has 2 aromatic rings. The third-order valence-corrected chi connectivity index (χ3v) is 5.53. The minimum Gasteiger partial charge on any atom is -0.0646 e. The lowest BCUT2D eigenvalue weighted by atomic mass is 9.79. The minimum absolute atomic E-state index is 0.201. The van der Waals surface area contributed by atoms with E-state index in [-0.39, 0.29) is 10.8 Å². The van der Waals surface area contributed by atoms with Crippen LogP contribution in [0.2, 0.25) is 0 Å². The summed E-state index contributed by atoms with van der Waals surface area (Å²) < 4.78 is 0. The van der Waals surface area contributed by atoms with Crippen molar-refractivity contribution >= 4 is 0 Å². The summed E-state index contributed by atoms with van der Waals surface area (Å²) >= 11 is 0. The lowest BCUT2D eigenvalue weighted by Gasteiger charge is -2.25. The van der Waals surface area contributed by atoms with Crippen LogP contribution >= 0.6 is 0 Å². The molecule has 2 rings (SSSR count). The molecule has 0 aliphatic heterocycles. The van der Waals surface area contributed by atoms with Crippen molar-refractivity contribution in [3.63, 3.8) is 0 Å². The third kappa shape index (κ3) is 3.74. The average Bonchev–Trinajstić information content (AvgIpc) is 2.53. The highest BCUT2D eigenvalue weighted by Gasteiger charge is 2.20. The van der Waals surface area contributed by atoms with E-state index in [2.05, 4.69) is 91.8 Å². The highest BCUT2D eigenvalue weighted by atomic mass is 14.2. The maximum absolute atomic E-state index is 2.40. The summed E-state index contributed by atoms with van der Waals surface area (Å²) in [6, 6.07) is 14.1. The summed E-state index contributed by atoms with van der Waals surface area (Å²) in [6.07, 6.45) is 2.23. The Hall–Kier alpha value is -1.56. The Morgan fingerprint density at radius 1 is 0.750 bits per heavy atom. The Morgan fingerprint density at radius 3 is 1.83 bits per heavy atom. The first-order chi connectivity index (χ1) is 11.1. The van der Waals surface area contributed by atoms with Crippen LogP contribution in [0.1, 0.15) is 77.1 Å². The molecule has 0 N–H and O–H groups in total. The lowest BCUT2D eigenvalue weighted by molar-refractivity contribution is 0.506. The number of hydrogen-bond acceptors (Lipinski definition) is 0. The molecule has 0 heterocycles. The second-order valence-corrected chi connectivity index (χ2v) is 8.74. The van der Waals surface area contributed by atoms with Gasteiger partial charge in [-0.3, -0.25) is 0 Å². The van der Waals surface area contributed by atoms with Crippen molar-refractivity contribution in [2.45, 2.75) is 79.1 Å². The van der Waals surface area contributed by atoms with Gasteiger partial charge in [-0.2, -0.15) is 0 Å². The molecule has 0 bridgehead atoms. The van der Waals surface area contributed by atoms with Crippen molar-refractivity contribution in [3.05, 3.63) is 58.7 Å². The van der Waals surface area contributed by atoms with Crippen molar-refractivity contribution in [1.82, 2.24) is 0 Å². The van der Waals surface area contributed by atoms with Crippen LogP contribution in [0.25, 0.3) is 11.1 Å². The molecule has 24 heavy (non-hydrogen) atoms. The molecule has 2 aromatic carbocycles. The van der Waals surface area contributed by atoms with Gasteiger partial charge in [0.25, 0.3) is 0 Å². The van der Waals surface area contributed by atoms with E-state index in [1.807, 2.05) is 0 Å². The predicted molar refractivity (Wildman–Crippen MR) is 108 cm³/mol. The zero-order chi connectivity index (χ0) is 18.1. The van der Waals surface area contributed by atoms with Crippen LogP contribution in [0.5, 0.6) is 0 Å². The molecule has 0 fully saturated rings. The van der Waals surface area contributed by atoms with Crippen LogP contribution in [0.4, 0.5) is 0 Å². The largest absolute Gasteiger partial charge is 0.0646 e. The van der Waals surface area contributed by atoms with Gasteiger partial charge in [-0.15, -0.1) is 0 Å². The zero-order valence-corrected chi connectivity index (χ0v) is 16.9. The highest BCUT2D eigenvalue weighted by Crippen LogP contribution is 2.35. The molecule has 0 unspecified atom stereocenters. The van der Waals surface area contributed by atoms with Gasteiger partial charge in [0.15, 0.2) is 0 Å². The molecule has 0 spiro atoms. The molecule has 0 saturated heterocycles. The fourth-order valence-electron chi connectivity index (χ4n) is 3.21. The van der Waals surface area contributed by atoms with E-state index >= 15 is 0 Å². The summed E-state index contributed by atoms with van der Waals surface area (Å²) in [7, 11) is 0. The Labute approximate surface area is 149 Å². The van der Waals surface area contributed by atoms with E-state index in [0.29, 0.717) is 0 Å². The van der Waals surface area contributed by atoms with Crippen LogP contribution in [-0.2, 0) is 17.3 Å². The van der Waals surface area contributed by atoms with E-state index in [9.17, 15) is 0 Å². The Balaban J connectivity index is 2.53. The average molecular weight is 323 g/mol. The van der Waals surface area contributed by atoms with Crippen molar-refractivity contribution in [2.75, 3.05) is 0 Å². The standard InChI is InChI=1S/C24H34/c1-9-18-16-19(23(4,5)6)11-14-22(18)21-13-12-20(15-17(21)3)24(7,8)10-2/h11-16H,9-10H2,1-8H3. The first kappa shape index (κ1) is 18.8. The number of hydrogen-bond donors (Lipinski definition) is 0. The van der Waals surface area contributed by atoms with Gasteiger partial charge in [-0.25, -0.2) is 0 Å². The second kappa shape index (κ2) is 6.75. The number of rotatable bonds is 4. The molecule has 0 aromatic heterocycles. The monoisotopic (exact) mass is 322 g/mol. The quantitative estimate of drug-likeness (QED) is 0.558. The topological polar surface area (TPSA) is 0 Å². The number of benzene rings is 2. The summed E-state index contributed by atoms with van der Waals surface area (Å²) in [5.74, 6) is 0. The predicted octanol–water partition coefficient (Wildman–Crippen LogP) is 7.21. The van der Waals surface area contributed by atoms with Gasteiger partial charge in [0.05, 0.1) is 0 Å². The molecule has 0 heteroatoms. The molecule has 0 aliphatic rings. The van der Waals surface area contributed by atoms with Gasteiger partial charge >= 0.3 is 0 Å². The third-order valence-electron chi connectivity index (χ3n) is 5.53. The van der Waals surface area contributed by atoms with Gasteiger partial charge < -0.3 is 0 Å². The smallest absolute Gasteiger partial charge is 0.0106 e. The Kier molecular flexibility index (Phi) is 5.28. The molecule has 0 radical (unpaired) electrons. The van der Waals surface area contributed by atoms with Gasteiger partial charge in [0.1, 0.15) is 0 Å². The SMILES string of the molecule is CCc1cc(C(C)(C)C)ccc1-c1ccc(C(C)(C)CC)cc1C. The van der Waals surface area contributed by atoms with E-state index in [4.69, 9.17) is 0 Å². The molecule has 130 valence electrons. The molecule has 0 amide bonds. The van der Waals surface area contributed by atoms with E-state index in [0.717, 1.165) is 12.8 Å². The van der Waals surface area contributed by atoms with Gasteiger partial charge in [0, 0.05) is 0 Å². The van der Waals surface area contributed by atoms with Crippen molar-refractivity contribution in [1.29, 1.82) is 0 Å². The zero-order valence-electron chi connectivity index (χ0n) is 16.9. The summed E-state index contributed by atoms with van der Waals surface area (Å²) in [5, 5.41) is 0. The first-order valence-electron chi connectivity index (χ1n) is 9.35. The molecular weight excluding hydrogens is 288 g/mol. The highest BCUT2D eigenvalue weighted by molar-refractivity contribution is 5.71. The normalized spacial score (nSPS) is 12.5. The van der Waals surface area contributed by atoms with Crippen LogP contribution < -0.4 is 0 Å². The lowest BCUT2D eigenvalue weighted by Crippen LogP contribution is -2.15. The molecular formula is C24H34. The molecule has 0 atom stereocenters. The van der Waals surface area contributed by atoms with Gasteiger partial charge in [-0.1, -0.05) is 84.9 Å². The van der Waals surface area contributed by atoms with Crippen LogP contribution in [0.3, 0.4) is 0 Å². The summed E-state index contributed by atoms with van der Waals surface area (Å²) in [6.45, 7) is 18.3. The second-order valence-electron chi connectivity index (χ2n) is 8.74. The van der Waals surface area contributed by atoms with Gasteiger partial charge in [0.2, 0.25) is 0 Å². The molecule has 0 nitrogen and oxygen atoms in total. The Morgan fingerprint density at radius 2 is 1.33 bits per heavy atom. The Bertz CT molecular complexity index is 711. The van der Waals surface area contributed by atoms with Crippen molar-refractivity contribution in [3.8, 4) is 11.1 Å². The first-order valence-corrected chi connectivity index (χ1v) is 9.35. The fourth-order valence-corrected chi connectivity index (χ4v) is 3.21. The summed E-state index contributed by atoms with van der Waals surface area (Å²) in [5.41, 5.74) is 8.91. The summed E-state index contributed by atoms with van der Waals surface area (Å²) in [4.78, 5) is 0. The van der Waals surface area contributed by atoms with E-state index < -0.39 is 0 Å². The number of aryl methyl sites for hydroxylation is 2. The van der Waals surface area contributed by atoms with E-state index in [1.165, 1.54) is 33.4 Å². The van der Waals surface area contributed by atoms with Crippen LogP contribution in [-0.4, -0.2) is 0 Å². The molecule has 0 aliphatic carbocycles.